The number of amides is 1. The van der Waals surface area contributed by atoms with Crippen molar-refractivity contribution in [3.63, 3.8) is 0 Å². The maximum absolute atomic E-state index is 13.8. The highest BCUT2D eigenvalue weighted by atomic mass is 19.1. The van der Waals surface area contributed by atoms with Gasteiger partial charge >= 0.3 is 5.63 Å². The van der Waals surface area contributed by atoms with Crippen LogP contribution in [-0.2, 0) is 6.54 Å². The van der Waals surface area contributed by atoms with Crippen LogP contribution >= 0.6 is 0 Å². The fourth-order valence-electron chi connectivity index (χ4n) is 2.97. The average molecular weight is 393 g/mol. The van der Waals surface area contributed by atoms with Crippen LogP contribution in [0, 0.1) is 5.82 Å². The number of anilines is 1. The van der Waals surface area contributed by atoms with Crippen molar-refractivity contribution >= 4 is 22.6 Å². The van der Waals surface area contributed by atoms with Crippen molar-refractivity contribution in [3.05, 3.63) is 88.3 Å². The molecule has 0 atom stereocenters. The van der Waals surface area contributed by atoms with Crippen molar-refractivity contribution in [1.29, 1.82) is 0 Å². The molecule has 7 nitrogen and oxygen atoms in total. The summed E-state index contributed by atoms with van der Waals surface area (Å²) in [5.41, 5.74) is 0.666. The zero-order chi connectivity index (χ0) is 20.4. The average Bonchev–Trinajstić information content (AvgIpc) is 3.15. The number of methoxy groups -OCH3 is 1. The SMILES string of the molecule is COc1ccc2c(C(=O)Nc3cnn(Cc4ccccc4F)c3)cc(=O)oc2c1. The van der Waals surface area contributed by atoms with Gasteiger partial charge in [0.15, 0.2) is 0 Å². The molecule has 0 aliphatic rings. The van der Waals surface area contributed by atoms with E-state index in [-0.39, 0.29) is 23.5 Å². The summed E-state index contributed by atoms with van der Waals surface area (Å²) in [5.74, 6) is -0.308. The van der Waals surface area contributed by atoms with Gasteiger partial charge in [-0.2, -0.15) is 5.10 Å². The van der Waals surface area contributed by atoms with Gasteiger partial charge < -0.3 is 14.5 Å². The first-order chi connectivity index (χ1) is 14.0. The van der Waals surface area contributed by atoms with Gasteiger partial charge in [-0.3, -0.25) is 9.48 Å². The van der Waals surface area contributed by atoms with E-state index in [9.17, 15) is 14.0 Å². The Morgan fingerprint density at radius 2 is 2.07 bits per heavy atom. The van der Waals surface area contributed by atoms with E-state index < -0.39 is 11.5 Å². The lowest BCUT2D eigenvalue weighted by Gasteiger charge is -2.07. The first-order valence-corrected chi connectivity index (χ1v) is 8.72. The van der Waals surface area contributed by atoms with Gasteiger partial charge in [-0.05, 0) is 18.2 Å². The number of rotatable bonds is 5. The first kappa shape index (κ1) is 18.4. The molecule has 2 aromatic carbocycles. The van der Waals surface area contributed by atoms with Crippen LogP contribution in [0.3, 0.4) is 0 Å². The van der Waals surface area contributed by atoms with Crippen LogP contribution in [-0.4, -0.2) is 22.8 Å². The maximum atomic E-state index is 13.8. The predicted molar refractivity (Wildman–Crippen MR) is 105 cm³/mol. The van der Waals surface area contributed by atoms with Gasteiger partial charge in [0.1, 0.15) is 17.1 Å². The lowest BCUT2D eigenvalue weighted by atomic mass is 10.1. The number of hydrogen-bond donors (Lipinski definition) is 1. The molecule has 0 saturated heterocycles. The summed E-state index contributed by atoms with van der Waals surface area (Å²) in [6.45, 7) is 0.222. The zero-order valence-electron chi connectivity index (χ0n) is 15.4. The molecule has 0 spiro atoms. The summed E-state index contributed by atoms with van der Waals surface area (Å²) >= 11 is 0. The summed E-state index contributed by atoms with van der Waals surface area (Å²) in [7, 11) is 1.49. The molecule has 0 aliphatic heterocycles. The third kappa shape index (κ3) is 3.86. The van der Waals surface area contributed by atoms with Crippen molar-refractivity contribution in [2.45, 2.75) is 6.54 Å². The lowest BCUT2D eigenvalue weighted by molar-refractivity contribution is 0.102. The van der Waals surface area contributed by atoms with Crippen LogP contribution in [0.5, 0.6) is 5.75 Å². The Hall–Kier alpha value is -3.94. The van der Waals surface area contributed by atoms with E-state index in [4.69, 9.17) is 9.15 Å². The molecule has 0 radical (unpaired) electrons. The first-order valence-electron chi connectivity index (χ1n) is 8.72. The number of carbonyl (C=O) groups excluding carboxylic acids is 1. The van der Waals surface area contributed by atoms with Gasteiger partial charge in [-0.25, -0.2) is 9.18 Å². The normalized spacial score (nSPS) is 10.8. The predicted octanol–water partition coefficient (Wildman–Crippen LogP) is 3.44. The minimum Gasteiger partial charge on any atom is -0.497 e. The Labute approximate surface area is 164 Å². The highest BCUT2D eigenvalue weighted by Crippen LogP contribution is 2.23. The van der Waals surface area contributed by atoms with E-state index >= 15 is 0 Å². The van der Waals surface area contributed by atoms with Crippen LogP contribution in [0.2, 0.25) is 0 Å². The van der Waals surface area contributed by atoms with Crippen LogP contribution < -0.4 is 15.7 Å². The number of fused-ring (bicyclic) bond motifs is 1. The number of aromatic nitrogens is 2. The Morgan fingerprint density at radius 3 is 2.86 bits per heavy atom. The molecular weight excluding hydrogens is 377 g/mol. The molecule has 146 valence electrons. The quantitative estimate of drug-likeness (QED) is 0.525. The Morgan fingerprint density at radius 1 is 1.24 bits per heavy atom. The van der Waals surface area contributed by atoms with Crippen LogP contribution in [0.4, 0.5) is 10.1 Å². The van der Waals surface area contributed by atoms with Gasteiger partial charge in [0.25, 0.3) is 5.91 Å². The van der Waals surface area contributed by atoms with Crippen LogP contribution in [0.1, 0.15) is 15.9 Å². The fraction of sp³-hybridized carbons (Fsp3) is 0.0952. The molecule has 29 heavy (non-hydrogen) atoms. The Bertz CT molecular complexity index is 1260. The molecule has 0 saturated carbocycles. The maximum Gasteiger partial charge on any atom is 0.337 e. The fourth-order valence-corrected chi connectivity index (χ4v) is 2.97. The van der Waals surface area contributed by atoms with Crippen LogP contribution in [0.25, 0.3) is 11.0 Å². The molecule has 4 aromatic rings. The molecule has 4 rings (SSSR count). The lowest BCUT2D eigenvalue weighted by Crippen LogP contribution is -2.15. The van der Waals surface area contributed by atoms with Crippen molar-refractivity contribution in [3.8, 4) is 5.75 Å². The molecular formula is C21H16FN3O4. The highest BCUT2D eigenvalue weighted by molar-refractivity contribution is 6.12. The third-order valence-electron chi connectivity index (χ3n) is 4.38. The second-order valence-electron chi connectivity index (χ2n) is 6.31. The summed E-state index contributed by atoms with van der Waals surface area (Å²) in [6, 6.07) is 12.4. The minimum absolute atomic E-state index is 0.167. The van der Waals surface area contributed by atoms with E-state index in [1.807, 2.05) is 0 Å². The second-order valence-corrected chi connectivity index (χ2v) is 6.31. The standard InChI is InChI=1S/C21H16FN3O4/c1-28-15-6-7-16-17(9-20(26)29-19(16)8-15)21(27)24-14-10-23-25(12-14)11-13-4-2-3-5-18(13)22/h2-10,12H,11H2,1H3,(H,24,27). The number of halogens is 1. The molecule has 0 aliphatic carbocycles. The smallest absolute Gasteiger partial charge is 0.337 e. The Kier molecular flexibility index (Phi) is 4.82. The van der Waals surface area contributed by atoms with E-state index in [1.54, 1.807) is 42.6 Å². The highest BCUT2D eigenvalue weighted by Gasteiger charge is 2.15. The summed E-state index contributed by atoms with van der Waals surface area (Å²) in [6.07, 6.45) is 3.04. The van der Waals surface area contributed by atoms with Gasteiger partial charge in [0.05, 0.1) is 31.1 Å². The molecule has 0 fully saturated rings. The molecule has 2 aromatic heterocycles. The van der Waals surface area contributed by atoms with Crippen molar-refractivity contribution in [2.75, 3.05) is 12.4 Å². The molecule has 8 heteroatoms. The van der Waals surface area contributed by atoms with Gasteiger partial charge in [-0.15, -0.1) is 0 Å². The molecule has 1 N–H and O–H groups in total. The molecule has 0 bridgehead atoms. The number of carbonyl (C=O) groups is 1. The summed E-state index contributed by atoms with van der Waals surface area (Å²) in [4.78, 5) is 24.6. The van der Waals surface area contributed by atoms with E-state index in [0.29, 0.717) is 22.4 Å². The monoisotopic (exact) mass is 393 g/mol. The molecule has 0 unspecified atom stereocenters. The number of benzene rings is 2. The van der Waals surface area contributed by atoms with Gasteiger partial charge in [0, 0.05) is 29.3 Å². The zero-order valence-corrected chi connectivity index (χ0v) is 15.4. The third-order valence-corrected chi connectivity index (χ3v) is 4.38. The number of hydrogen-bond acceptors (Lipinski definition) is 5. The number of nitrogens with one attached hydrogen (secondary N) is 1. The Balaban J connectivity index is 1.58. The number of nitrogens with zero attached hydrogens (tertiary/aromatic N) is 2. The largest absolute Gasteiger partial charge is 0.497 e. The van der Waals surface area contributed by atoms with Crippen molar-refractivity contribution in [1.82, 2.24) is 9.78 Å². The van der Waals surface area contributed by atoms with E-state index in [1.165, 1.54) is 24.1 Å². The van der Waals surface area contributed by atoms with Gasteiger partial charge in [0.2, 0.25) is 0 Å². The minimum atomic E-state index is -0.647. The van der Waals surface area contributed by atoms with Crippen molar-refractivity contribution in [2.24, 2.45) is 0 Å². The van der Waals surface area contributed by atoms with Crippen LogP contribution in [0.15, 0.2) is 70.1 Å². The van der Waals surface area contributed by atoms with E-state index in [0.717, 1.165) is 6.07 Å². The van der Waals surface area contributed by atoms with Crippen molar-refractivity contribution < 1.29 is 18.3 Å². The topological polar surface area (TPSA) is 86.4 Å². The summed E-state index contributed by atoms with van der Waals surface area (Å²) in [5, 5.41) is 7.31. The number of ether oxygens (including phenoxy) is 1. The summed E-state index contributed by atoms with van der Waals surface area (Å²) < 4.78 is 25.6. The van der Waals surface area contributed by atoms with Gasteiger partial charge in [-0.1, -0.05) is 18.2 Å². The van der Waals surface area contributed by atoms with E-state index in [2.05, 4.69) is 10.4 Å². The molecule has 1 amide bonds. The molecule has 2 heterocycles. The second kappa shape index (κ2) is 7.59.